The van der Waals surface area contributed by atoms with Crippen LogP contribution in [0.4, 0.5) is 8.78 Å². The van der Waals surface area contributed by atoms with Gasteiger partial charge in [-0.3, -0.25) is 4.79 Å². The second-order valence-electron chi connectivity index (χ2n) is 4.80. The van der Waals surface area contributed by atoms with Gasteiger partial charge in [-0.15, -0.1) is 0 Å². The van der Waals surface area contributed by atoms with Gasteiger partial charge in [0.1, 0.15) is 5.82 Å². The van der Waals surface area contributed by atoms with E-state index >= 15 is 0 Å². The second kappa shape index (κ2) is 8.95. The van der Waals surface area contributed by atoms with Gasteiger partial charge in [0.2, 0.25) is 6.36 Å². The largest absolute Gasteiger partial charge is 0.431 e. The second-order valence-corrected chi connectivity index (χ2v) is 5.18. The predicted molar refractivity (Wildman–Crippen MR) is 78.3 cm³/mol. The van der Waals surface area contributed by atoms with Crippen LogP contribution in [0.25, 0.3) is 0 Å². The maximum Gasteiger partial charge on any atom is 0.308 e. The monoisotopic (exact) mass is 319 g/mol. The zero-order chi connectivity index (χ0) is 15.8. The molecule has 118 valence electrons. The first-order valence-corrected chi connectivity index (χ1v) is 7.34. The highest BCUT2D eigenvalue weighted by molar-refractivity contribution is 6.31. The highest BCUT2D eigenvalue weighted by Crippen LogP contribution is 2.29. The Balaban J connectivity index is 2.59. The molecule has 0 saturated carbocycles. The fraction of sp³-hybridized carbons (Fsp3) is 0.533. The molecule has 1 aromatic rings. The number of hydrogen-bond acceptors (Lipinski definition) is 3. The molecule has 0 saturated heterocycles. The number of esters is 1. The van der Waals surface area contributed by atoms with Crippen LogP contribution in [-0.2, 0) is 9.53 Å². The molecular weight excluding hydrogens is 300 g/mol. The average molecular weight is 320 g/mol. The molecule has 2 unspecified atom stereocenters. The van der Waals surface area contributed by atoms with Crippen molar-refractivity contribution in [1.29, 1.82) is 0 Å². The zero-order valence-corrected chi connectivity index (χ0v) is 12.7. The van der Waals surface area contributed by atoms with Gasteiger partial charge < -0.3 is 10.5 Å². The van der Waals surface area contributed by atoms with Gasteiger partial charge in [0.15, 0.2) is 0 Å². The number of carbonyl (C=O) groups excluding carboxylic acids is 1. The van der Waals surface area contributed by atoms with Gasteiger partial charge in [-0.1, -0.05) is 30.7 Å². The molecule has 2 atom stereocenters. The molecule has 0 aliphatic heterocycles. The Kier molecular flexibility index (Phi) is 7.61. The Morgan fingerprint density at radius 3 is 2.76 bits per heavy atom. The van der Waals surface area contributed by atoms with Crippen LogP contribution >= 0.6 is 11.6 Å². The average Bonchev–Trinajstić information content (AvgIpc) is 2.44. The minimum Gasteiger partial charge on any atom is -0.431 e. The van der Waals surface area contributed by atoms with Crippen LogP contribution in [0.2, 0.25) is 5.02 Å². The Hall–Kier alpha value is -1.20. The maximum absolute atomic E-state index is 13.4. The number of alkyl halides is 1. The van der Waals surface area contributed by atoms with Crippen molar-refractivity contribution in [1.82, 2.24) is 0 Å². The first kappa shape index (κ1) is 17.9. The van der Waals surface area contributed by atoms with E-state index in [2.05, 4.69) is 4.74 Å². The molecule has 0 fully saturated rings. The Bertz CT molecular complexity index is 471. The molecule has 21 heavy (non-hydrogen) atoms. The minimum absolute atomic E-state index is 0.00988. The van der Waals surface area contributed by atoms with Crippen molar-refractivity contribution >= 4 is 17.6 Å². The highest BCUT2D eigenvalue weighted by Gasteiger charge is 2.19. The summed E-state index contributed by atoms with van der Waals surface area (Å²) < 4.78 is 31.2. The number of benzene rings is 1. The summed E-state index contributed by atoms with van der Waals surface area (Å²) in [6.07, 6.45) is -0.451. The van der Waals surface area contributed by atoms with Crippen LogP contribution in [0.5, 0.6) is 0 Å². The van der Waals surface area contributed by atoms with Crippen molar-refractivity contribution in [2.45, 2.75) is 44.9 Å². The summed E-state index contributed by atoms with van der Waals surface area (Å²) in [5, 5.41) is 0.00988. The fourth-order valence-electron chi connectivity index (χ4n) is 2.02. The van der Waals surface area contributed by atoms with Crippen molar-refractivity contribution in [2.75, 3.05) is 6.54 Å². The molecular formula is C15H20ClF2NO2. The standard InChI is InChI=1S/C15H20ClF2NO2/c1-2-4-13(18)21-14(20)8-7-10(9-19)11-5-3-6-12(17)15(11)16/h3,5-6,10,13H,2,4,7-9,19H2,1H3. The highest BCUT2D eigenvalue weighted by atomic mass is 35.5. The smallest absolute Gasteiger partial charge is 0.308 e. The van der Waals surface area contributed by atoms with Gasteiger partial charge in [0.05, 0.1) is 5.02 Å². The molecule has 0 spiro atoms. The van der Waals surface area contributed by atoms with Gasteiger partial charge in [0.25, 0.3) is 0 Å². The fourth-order valence-corrected chi connectivity index (χ4v) is 2.30. The number of hydrogen-bond donors (Lipinski definition) is 1. The third kappa shape index (κ3) is 5.59. The van der Waals surface area contributed by atoms with E-state index in [4.69, 9.17) is 17.3 Å². The van der Waals surface area contributed by atoms with Crippen LogP contribution in [0.15, 0.2) is 18.2 Å². The summed E-state index contributed by atoms with van der Waals surface area (Å²) in [4.78, 5) is 11.5. The Labute approximate surface area is 128 Å². The maximum atomic E-state index is 13.4. The quantitative estimate of drug-likeness (QED) is 0.738. The van der Waals surface area contributed by atoms with Crippen LogP contribution < -0.4 is 5.73 Å². The van der Waals surface area contributed by atoms with Gasteiger partial charge in [0, 0.05) is 12.8 Å². The summed E-state index contributed by atoms with van der Waals surface area (Å²) in [5.41, 5.74) is 6.20. The molecule has 1 aromatic carbocycles. The van der Waals surface area contributed by atoms with Crippen molar-refractivity contribution in [2.24, 2.45) is 5.73 Å². The number of rotatable bonds is 8. The van der Waals surface area contributed by atoms with Crippen molar-refractivity contribution in [3.63, 3.8) is 0 Å². The third-order valence-corrected chi connectivity index (χ3v) is 3.58. The van der Waals surface area contributed by atoms with E-state index in [0.29, 0.717) is 18.4 Å². The molecule has 6 heteroatoms. The summed E-state index contributed by atoms with van der Waals surface area (Å²) in [5.74, 6) is -1.42. The number of ether oxygens (including phenoxy) is 1. The SMILES string of the molecule is CCCC(F)OC(=O)CCC(CN)c1cccc(F)c1Cl. The Morgan fingerprint density at radius 2 is 2.14 bits per heavy atom. The van der Waals surface area contributed by atoms with E-state index in [1.54, 1.807) is 13.0 Å². The van der Waals surface area contributed by atoms with Crippen LogP contribution in [0, 0.1) is 5.82 Å². The summed E-state index contributed by atoms with van der Waals surface area (Å²) in [6.45, 7) is 2.02. The van der Waals surface area contributed by atoms with E-state index in [1.807, 2.05) is 0 Å². The van der Waals surface area contributed by atoms with Crippen molar-refractivity contribution in [3.05, 3.63) is 34.6 Å². The van der Waals surface area contributed by atoms with E-state index in [9.17, 15) is 13.6 Å². The normalized spacial score (nSPS) is 13.8. The molecule has 0 radical (unpaired) electrons. The summed E-state index contributed by atoms with van der Waals surface area (Å²) in [6, 6.07) is 4.46. The first-order valence-electron chi connectivity index (χ1n) is 6.97. The molecule has 0 aromatic heterocycles. The minimum atomic E-state index is -1.57. The Morgan fingerprint density at radius 1 is 1.43 bits per heavy atom. The van der Waals surface area contributed by atoms with E-state index in [0.717, 1.165) is 0 Å². The number of carbonyl (C=O) groups is 1. The number of nitrogens with two attached hydrogens (primary N) is 1. The summed E-state index contributed by atoms with van der Waals surface area (Å²) >= 11 is 5.90. The third-order valence-electron chi connectivity index (χ3n) is 3.18. The lowest BCUT2D eigenvalue weighted by molar-refractivity contribution is -0.158. The molecule has 1 rings (SSSR count). The summed E-state index contributed by atoms with van der Waals surface area (Å²) in [7, 11) is 0. The molecule has 0 heterocycles. The van der Waals surface area contributed by atoms with E-state index in [1.165, 1.54) is 12.1 Å². The molecule has 0 aliphatic carbocycles. The molecule has 0 amide bonds. The molecule has 2 N–H and O–H groups in total. The lowest BCUT2D eigenvalue weighted by Gasteiger charge is -2.17. The predicted octanol–water partition coefficient (Wildman–Crippen LogP) is 3.94. The molecule has 0 bridgehead atoms. The van der Waals surface area contributed by atoms with Crippen LogP contribution in [0.1, 0.15) is 44.1 Å². The molecule has 3 nitrogen and oxygen atoms in total. The van der Waals surface area contributed by atoms with Gasteiger partial charge >= 0.3 is 5.97 Å². The van der Waals surface area contributed by atoms with Crippen LogP contribution in [0.3, 0.4) is 0 Å². The van der Waals surface area contributed by atoms with E-state index in [-0.39, 0.29) is 30.3 Å². The lowest BCUT2D eigenvalue weighted by atomic mass is 9.94. The lowest BCUT2D eigenvalue weighted by Crippen LogP contribution is -2.18. The number of halogens is 3. The van der Waals surface area contributed by atoms with Gasteiger partial charge in [-0.2, -0.15) is 0 Å². The van der Waals surface area contributed by atoms with Gasteiger partial charge in [-0.25, -0.2) is 8.78 Å². The van der Waals surface area contributed by atoms with Gasteiger partial charge in [-0.05, 0) is 36.9 Å². The van der Waals surface area contributed by atoms with E-state index < -0.39 is 18.1 Å². The van der Waals surface area contributed by atoms with Crippen molar-refractivity contribution in [3.8, 4) is 0 Å². The van der Waals surface area contributed by atoms with Crippen molar-refractivity contribution < 1.29 is 18.3 Å². The topological polar surface area (TPSA) is 52.3 Å². The molecule has 0 aliphatic rings. The zero-order valence-electron chi connectivity index (χ0n) is 12.0. The van der Waals surface area contributed by atoms with Crippen LogP contribution in [-0.4, -0.2) is 18.9 Å². The first-order chi connectivity index (χ1) is 9.99.